The monoisotopic (exact) mass is 254 g/mol. The molecule has 0 saturated heterocycles. The fourth-order valence-electron chi connectivity index (χ4n) is 1.82. The fraction of sp³-hybridized carbons (Fsp3) is 0. The third-order valence-electron chi connectivity index (χ3n) is 2.64. The van der Waals surface area contributed by atoms with Crippen LogP contribution in [-0.2, 0) is 0 Å². The number of H-pyrrole nitrogens is 1. The van der Waals surface area contributed by atoms with Crippen molar-refractivity contribution in [2.45, 2.75) is 0 Å². The summed E-state index contributed by atoms with van der Waals surface area (Å²) >= 11 is 0. The number of rotatable bonds is 2. The average Bonchev–Trinajstić information content (AvgIpc) is 2.82. The molecule has 2 aromatic heterocycles. The molecule has 3 rings (SSSR count). The average molecular weight is 254 g/mol. The predicted octanol–water partition coefficient (Wildman–Crippen LogP) is 2.71. The zero-order chi connectivity index (χ0) is 13.2. The topological polar surface area (TPSA) is 90.9 Å². The highest BCUT2D eigenvalue weighted by molar-refractivity contribution is 5.86. The van der Waals surface area contributed by atoms with Crippen molar-refractivity contribution in [3.05, 3.63) is 42.6 Å². The molecule has 0 atom stereocenters. The number of nitrogens with one attached hydrogen (secondary N) is 2. The first kappa shape index (κ1) is 11.2. The number of benzene rings is 1. The number of aromatic amines is 1. The highest BCUT2D eigenvalue weighted by Gasteiger charge is 2.07. The van der Waals surface area contributed by atoms with Crippen LogP contribution in [0.4, 0.5) is 10.5 Å². The summed E-state index contributed by atoms with van der Waals surface area (Å²) in [6.07, 6.45) is 0.315. The number of fused-ring (bicyclic) bond motifs is 1. The van der Waals surface area contributed by atoms with Gasteiger partial charge >= 0.3 is 6.09 Å². The third kappa shape index (κ3) is 2.23. The highest BCUT2D eigenvalue weighted by Crippen LogP contribution is 2.20. The Hall–Kier alpha value is -2.89. The molecule has 0 bridgehead atoms. The Morgan fingerprint density at radius 2 is 2.05 bits per heavy atom. The van der Waals surface area contributed by atoms with Crippen molar-refractivity contribution < 1.29 is 9.90 Å². The Morgan fingerprint density at radius 1 is 1.26 bits per heavy atom. The molecule has 0 fully saturated rings. The number of anilines is 1. The summed E-state index contributed by atoms with van der Waals surface area (Å²) in [5.74, 6) is 0.704. The summed E-state index contributed by atoms with van der Waals surface area (Å²) in [6, 6.07) is 11.3. The minimum absolute atomic E-state index is 0.406. The molecule has 0 unspecified atom stereocenters. The molecule has 3 aromatic rings. The predicted molar refractivity (Wildman–Crippen MR) is 71.0 cm³/mol. The van der Waals surface area contributed by atoms with Gasteiger partial charge in [-0.3, -0.25) is 5.32 Å². The van der Waals surface area contributed by atoms with Gasteiger partial charge in [0.15, 0.2) is 5.65 Å². The van der Waals surface area contributed by atoms with Crippen molar-refractivity contribution in [2.24, 2.45) is 0 Å². The van der Waals surface area contributed by atoms with Gasteiger partial charge in [0.2, 0.25) is 0 Å². The number of hydrogen-bond donors (Lipinski definition) is 3. The number of imidazole rings is 1. The maximum Gasteiger partial charge on any atom is 0.409 e. The van der Waals surface area contributed by atoms with E-state index in [2.05, 4.69) is 20.3 Å². The van der Waals surface area contributed by atoms with Gasteiger partial charge in [0.05, 0.1) is 17.4 Å². The van der Waals surface area contributed by atoms with Crippen LogP contribution in [0.2, 0.25) is 0 Å². The van der Waals surface area contributed by atoms with E-state index in [1.165, 1.54) is 6.20 Å². The fourth-order valence-corrected chi connectivity index (χ4v) is 1.82. The number of pyridine rings is 1. The second kappa shape index (κ2) is 4.41. The van der Waals surface area contributed by atoms with Crippen LogP contribution in [0.25, 0.3) is 22.6 Å². The van der Waals surface area contributed by atoms with Crippen LogP contribution < -0.4 is 5.32 Å². The standard InChI is InChI=1S/C13H10N4O2/c18-13(19)15-9-6-10-12(14-7-9)17-11(16-10)8-4-2-1-3-5-8/h1-7,15H,(H,18,19)(H,14,16,17). The molecular weight excluding hydrogens is 244 g/mol. The number of carboxylic acid groups (broad SMARTS) is 1. The van der Waals surface area contributed by atoms with E-state index in [1.54, 1.807) is 6.07 Å². The third-order valence-corrected chi connectivity index (χ3v) is 2.64. The van der Waals surface area contributed by atoms with Gasteiger partial charge in [-0.05, 0) is 6.07 Å². The Bertz CT molecular complexity index is 737. The largest absolute Gasteiger partial charge is 0.465 e. The van der Waals surface area contributed by atoms with Crippen molar-refractivity contribution in [1.82, 2.24) is 15.0 Å². The minimum Gasteiger partial charge on any atom is -0.465 e. The number of amides is 1. The molecule has 0 aliphatic heterocycles. The molecule has 94 valence electrons. The number of carbonyl (C=O) groups is 1. The van der Waals surface area contributed by atoms with E-state index in [0.29, 0.717) is 22.7 Å². The van der Waals surface area contributed by atoms with E-state index in [0.717, 1.165) is 5.56 Å². The van der Waals surface area contributed by atoms with Crippen molar-refractivity contribution in [1.29, 1.82) is 0 Å². The highest BCUT2D eigenvalue weighted by atomic mass is 16.4. The Labute approximate surface area is 108 Å². The Balaban J connectivity index is 2.04. The van der Waals surface area contributed by atoms with Crippen LogP contribution >= 0.6 is 0 Å². The van der Waals surface area contributed by atoms with Crippen LogP contribution in [0.15, 0.2) is 42.6 Å². The van der Waals surface area contributed by atoms with E-state index in [9.17, 15) is 4.79 Å². The summed E-state index contributed by atoms with van der Waals surface area (Å²) in [5.41, 5.74) is 2.59. The van der Waals surface area contributed by atoms with E-state index in [4.69, 9.17) is 5.11 Å². The molecular formula is C13H10N4O2. The zero-order valence-electron chi connectivity index (χ0n) is 9.79. The van der Waals surface area contributed by atoms with Gasteiger partial charge in [-0.2, -0.15) is 0 Å². The van der Waals surface area contributed by atoms with E-state index >= 15 is 0 Å². The second-order valence-corrected chi connectivity index (χ2v) is 3.98. The van der Waals surface area contributed by atoms with Crippen molar-refractivity contribution in [3.8, 4) is 11.4 Å². The lowest BCUT2D eigenvalue weighted by atomic mass is 10.2. The molecule has 0 saturated carbocycles. The first-order valence-corrected chi connectivity index (χ1v) is 5.63. The molecule has 1 amide bonds. The maximum absolute atomic E-state index is 10.6. The van der Waals surface area contributed by atoms with Gasteiger partial charge < -0.3 is 10.1 Å². The lowest BCUT2D eigenvalue weighted by Gasteiger charge is -1.98. The first-order chi connectivity index (χ1) is 9.22. The molecule has 6 heteroatoms. The second-order valence-electron chi connectivity index (χ2n) is 3.98. The maximum atomic E-state index is 10.6. The number of hydrogen-bond acceptors (Lipinski definition) is 3. The van der Waals surface area contributed by atoms with E-state index in [1.807, 2.05) is 30.3 Å². The van der Waals surface area contributed by atoms with E-state index < -0.39 is 6.09 Å². The van der Waals surface area contributed by atoms with Gasteiger partial charge in [0.25, 0.3) is 0 Å². The smallest absolute Gasteiger partial charge is 0.409 e. The Morgan fingerprint density at radius 3 is 2.79 bits per heavy atom. The van der Waals surface area contributed by atoms with Gasteiger partial charge in [-0.15, -0.1) is 0 Å². The van der Waals surface area contributed by atoms with E-state index in [-0.39, 0.29) is 0 Å². The van der Waals surface area contributed by atoms with Gasteiger partial charge in [0, 0.05) is 5.56 Å². The van der Waals surface area contributed by atoms with Gasteiger partial charge in [-0.1, -0.05) is 30.3 Å². The summed E-state index contributed by atoms with van der Waals surface area (Å²) in [4.78, 5) is 22.2. The molecule has 0 spiro atoms. The summed E-state index contributed by atoms with van der Waals surface area (Å²) in [7, 11) is 0. The molecule has 0 aliphatic rings. The lowest BCUT2D eigenvalue weighted by molar-refractivity contribution is 0.209. The summed E-state index contributed by atoms with van der Waals surface area (Å²) < 4.78 is 0. The molecule has 19 heavy (non-hydrogen) atoms. The molecule has 1 aromatic carbocycles. The zero-order valence-corrected chi connectivity index (χ0v) is 9.79. The molecule has 2 heterocycles. The van der Waals surface area contributed by atoms with Crippen LogP contribution in [-0.4, -0.2) is 26.2 Å². The summed E-state index contributed by atoms with van der Waals surface area (Å²) in [6.45, 7) is 0. The van der Waals surface area contributed by atoms with Crippen molar-refractivity contribution >= 4 is 22.9 Å². The molecule has 3 N–H and O–H groups in total. The quantitative estimate of drug-likeness (QED) is 0.655. The molecule has 6 nitrogen and oxygen atoms in total. The molecule has 0 radical (unpaired) electrons. The van der Waals surface area contributed by atoms with Crippen LogP contribution in [0.1, 0.15) is 0 Å². The SMILES string of the molecule is O=C(O)Nc1cnc2nc(-c3ccccc3)[nH]c2c1. The molecule has 0 aliphatic carbocycles. The first-order valence-electron chi connectivity index (χ1n) is 5.63. The minimum atomic E-state index is -1.12. The normalized spacial score (nSPS) is 10.5. The lowest BCUT2D eigenvalue weighted by Crippen LogP contribution is -2.07. The number of aromatic nitrogens is 3. The van der Waals surface area contributed by atoms with Gasteiger partial charge in [0.1, 0.15) is 5.82 Å². The summed E-state index contributed by atoms with van der Waals surface area (Å²) in [5, 5.41) is 10.9. The van der Waals surface area contributed by atoms with Crippen LogP contribution in [0, 0.1) is 0 Å². The van der Waals surface area contributed by atoms with Crippen molar-refractivity contribution in [3.63, 3.8) is 0 Å². The van der Waals surface area contributed by atoms with Gasteiger partial charge in [-0.25, -0.2) is 14.8 Å². The number of nitrogens with zero attached hydrogens (tertiary/aromatic N) is 2. The van der Waals surface area contributed by atoms with Crippen molar-refractivity contribution in [2.75, 3.05) is 5.32 Å². The van der Waals surface area contributed by atoms with Crippen LogP contribution in [0.3, 0.4) is 0 Å². The Kier molecular flexibility index (Phi) is 2.60. The van der Waals surface area contributed by atoms with Crippen LogP contribution in [0.5, 0.6) is 0 Å².